The molecule has 0 aliphatic heterocycles. The van der Waals surface area contributed by atoms with Gasteiger partial charge in [0, 0.05) is 22.2 Å². The van der Waals surface area contributed by atoms with Crippen molar-refractivity contribution in [3.05, 3.63) is 162 Å². The Hall–Kier alpha value is -4.88. The van der Waals surface area contributed by atoms with E-state index in [9.17, 15) is 0 Å². The Balaban J connectivity index is 1.02. The molecule has 8 bridgehead atoms. The summed E-state index contributed by atoms with van der Waals surface area (Å²) in [7, 11) is 0. The molecule has 0 heterocycles. The van der Waals surface area contributed by atoms with Crippen molar-refractivity contribution in [2.45, 2.75) is 87.9 Å². The zero-order valence-corrected chi connectivity index (χ0v) is 34.3. The number of anilines is 3. The number of hydrogen-bond acceptors (Lipinski definition) is 1. The van der Waals surface area contributed by atoms with Crippen molar-refractivity contribution in [3.8, 4) is 33.4 Å². The maximum Gasteiger partial charge on any atom is 0.0509 e. The van der Waals surface area contributed by atoms with Crippen molar-refractivity contribution in [3.63, 3.8) is 0 Å². The topological polar surface area (TPSA) is 3.24 Å². The van der Waals surface area contributed by atoms with Crippen LogP contribution in [0.5, 0.6) is 0 Å². The molecule has 10 aliphatic carbocycles. The van der Waals surface area contributed by atoms with Crippen LogP contribution in [0.3, 0.4) is 0 Å². The van der Waals surface area contributed by atoms with E-state index in [0.29, 0.717) is 11.8 Å². The van der Waals surface area contributed by atoms with Gasteiger partial charge in [0.05, 0.1) is 5.69 Å². The summed E-state index contributed by atoms with van der Waals surface area (Å²) in [4.78, 5) is 2.75. The molecule has 0 aromatic heterocycles. The van der Waals surface area contributed by atoms with Crippen LogP contribution in [0.15, 0.2) is 140 Å². The molecule has 16 rings (SSSR count). The van der Waals surface area contributed by atoms with Crippen LogP contribution in [0.25, 0.3) is 33.4 Å². The van der Waals surface area contributed by atoms with E-state index in [1.54, 1.807) is 22.3 Å². The second kappa shape index (κ2) is 12.3. The van der Waals surface area contributed by atoms with E-state index in [1.165, 1.54) is 127 Å². The summed E-state index contributed by atoms with van der Waals surface area (Å²) in [5.74, 6) is 6.49. The summed E-state index contributed by atoms with van der Waals surface area (Å²) < 4.78 is 0. The molecule has 8 saturated carbocycles. The fourth-order valence-corrected chi connectivity index (χ4v) is 16.8. The highest BCUT2D eigenvalue weighted by atomic mass is 15.1. The van der Waals surface area contributed by atoms with Gasteiger partial charge in [0.1, 0.15) is 0 Å². The second-order valence-corrected chi connectivity index (χ2v) is 20.8. The van der Waals surface area contributed by atoms with Gasteiger partial charge >= 0.3 is 0 Å². The first-order valence-corrected chi connectivity index (χ1v) is 23.6. The quantitative estimate of drug-likeness (QED) is 0.173. The normalized spacial score (nSPS) is 33.4. The average Bonchev–Trinajstić information content (AvgIpc) is 3.51. The number of benzene rings is 6. The first-order valence-electron chi connectivity index (χ1n) is 23.6. The minimum Gasteiger partial charge on any atom is -0.310 e. The molecule has 0 N–H and O–H groups in total. The standard InChI is InChI=1S/C58H55N/c1-2-9-40(10-3-1)41-19-23-46(24-20-41)59(47-25-26-50-48-11-4-6-14-52(48)57(54(50)35-47)42-21-17-36-27-38(31-42)33-44(57)29-36)55-16-8-13-51-49-12-5-7-15-53(49)58(56(51)55)43-22-18-37-28-39(32-43)34-45(58)30-37/h1-16,19-20,23-26,35-39,42-45H,17-18,21-22,27-34H2. The van der Waals surface area contributed by atoms with E-state index >= 15 is 0 Å². The molecule has 59 heavy (non-hydrogen) atoms. The maximum absolute atomic E-state index is 2.75. The van der Waals surface area contributed by atoms with E-state index in [1.807, 2.05) is 0 Å². The number of fused-ring (bicyclic) bond motifs is 8. The Kier molecular flexibility index (Phi) is 7.09. The molecule has 0 saturated heterocycles. The van der Waals surface area contributed by atoms with Crippen molar-refractivity contribution < 1.29 is 0 Å². The molecule has 6 aromatic rings. The summed E-state index contributed by atoms with van der Waals surface area (Å²) in [5, 5.41) is 0. The van der Waals surface area contributed by atoms with Crippen molar-refractivity contribution in [2.75, 3.05) is 4.90 Å². The molecule has 1 heteroatoms. The molecule has 8 fully saturated rings. The van der Waals surface area contributed by atoms with Gasteiger partial charge in [0.25, 0.3) is 0 Å². The molecule has 1 nitrogen and oxygen atoms in total. The lowest BCUT2D eigenvalue weighted by Crippen LogP contribution is -2.48. The Morgan fingerprint density at radius 2 is 0.881 bits per heavy atom. The van der Waals surface area contributed by atoms with Crippen molar-refractivity contribution >= 4 is 17.1 Å². The minimum atomic E-state index is 0.0595. The van der Waals surface area contributed by atoms with Crippen LogP contribution in [0, 0.1) is 47.3 Å². The highest BCUT2D eigenvalue weighted by Gasteiger charge is 2.62. The zero-order chi connectivity index (χ0) is 38.5. The van der Waals surface area contributed by atoms with Gasteiger partial charge in [-0.2, -0.15) is 0 Å². The fourth-order valence-electron chi connectivity index (χ4n) is 16.8. The van der Waals surface area contributed by atoms with Gasteiger partial charge in [0.2, 0.25) is 0 Å². The Bertz CT molecular complexity index is 2630. The smallest absolute Gasteiger partial charge is 0.0509 e. The van der Waals surface area contributed by atoms with Crippen molar-refractivity contribution in [1.29, 1.82) is 0 Å². The van der Waals surface area contributed by atoms with Crippen LogP contribution in [-0.2, 0) is 10.8 Å². The number of nitrogens with zero attached hydrogens (tertiary/aromatic N) is 1. The van der Waals surface area contributed by atoms with Gasteiger partial charge in [-0.15, -0.1) is 0 Å². The summed E-state index contributed by atoms with van der Waals surface area (Å²) in [6.45, 7) is 0. The van der Waals surface area contributed by atoms with E-state index in [0.717, 1.165) is 35.5 Å². The SMILES string of the molecule is c1ccc(-c2ccc(N(c3ccc4c(c3)C3(c5ccccc5-4)C4CCC5CC(C4)CC3C5)c3cccc4c3C3(c5ccccc5-4)C4CCC5CC(C4)CC3C5)cc2)cc1. The van der Waals surface area contributed by atoms with E-state index < -0.39 is 0 Å². The predicted octanol–water partition coefficient (Wildman–Crippen LogP) is 15.0. The molecule has 10 aliphatic rings. The molecule has 2 spiro atoms. The van der Waals surface area contributed by atoms with E-state index in [4.69, 9.17) is 0 Å². The van der Waals surface area contributed by atoms with E-state index in [-0.39, 0.29) is 10.8 Å². The summed E-state index contributed by atoms with van der Waals surface area (Å²) >= 11 is 0. The Morgan fingerprint density at radius 3 is 1.61 bits per heavy atom. The van der Waals surface area contributed by atoms with Gasteiger partial charge in [-0.1, -0.05) is 122 Å². The van der Waals surface area contributed by atoms with Crippen LogP contribution >= 0.6 is 0 Å². The Labute approximate surface area is 350 Å². The first kappa shape index (κ1) is 33.9. The average molecular weight is 766 g/mol. The third-order valence-corrected chi connectivity index (χ3v) is 18.4. The monoisotopic (exact) mass is 765 g/mol. The molecule has 0 amide bonds. The number of hydrogen-bond donors (Lipinski definition) is 0. The molecule has 10 atom stereocenters. The molecule has 0 radical (unpaired) electrons. The summed E-state index contributed by atoms with van der Waals surface area (Å²) in [6.07, 6.45) is 17.0. The van der Waals surface area contributed by atoms with Gasteiger partial charge < -0.3 is 4.90 Å². The highest BCUT2D eigenvalue weighted by molar-refractivity contribution is 5.93. The largest absolute Gasteiger partial charge is 0.310 e. The number of rotatable bonds is 4. The van der Waals surface area contributed by atoms with Gasteiger partial charge in [0.15, 0.2) is 0 Å². The molecular weight excluding hydrogens is 711 g/mol. The lowest BCUT2D eigenvalue weighted by molar-refractivity contribution is 0.0617. The van der Waals surface area contributed by atoms with Crippen LogP contribution in [0.2, 0.25) is 0 Å². The Morgan fingerprint density at radius 1 is 0.356 bits per heavy atom. The molecular formula is C58H55N. The van der Waals surface area contributed by atoms with Crippen LogP contribution in [0.4, 0.5) is 17.1 Å². The summed E-state index contributed by atoms with van der Waals surface area (Å²) in [6, 6.07) is 55.2. The summed E-state index contributed by atoms with van der Waals surface area (Å²) in [5.41, 5.74) is 19.4. The van der Waals surface area contributed by atoms with E-state index in [2.05, 4.69) is 144 Å². The zero-order valence-electron chi connectivity index (χ0n) is 34.3. The maximum atomic E-state index is 2.75. The third-order valence-electron chi connectivity index (χ3n) is 18.4. The highest BCUT2D eigenvalue weighted by Crippen LogP contribution is 2.71. The predicted molar refractivity (Wildman–Crippen MR) is 242 cm³/mol. The van der Waals surface area contributed by atoms with Crippen LogP contribution in [-0.4, -0.2) is 0 Å². The van der Waals surface area contributed by atoms with Crippen molar-refractivity contribution in [1.82, 2.24) is 0 Å². The molecule has 292 valence electrons. The lowest BCUT2D eigenvalue weighted by Gasteiger charge is -2.54. The first-order chi connectivity index (χ1) is 29.2. The lowest BCUT2D eigenvalue weighted by atomic mass is 9.50. The fraction of sp³-hybridized carbons (Fsp3) is 0.379. The third kappa shape index (κ3) is 4.48. The van der Waals surface area contributed by atoms with Gasteiger partial charge in [-0.05, 0) is 198 Å². The van der Waals surface area contributed by atoms with Gasteiger partial charge in [-0.3, -0.25) is 0 Å². The molecule has 10 unspecified atom stereocenters. The van der Waals surface area contributed by atoms with Crippen molar-refractivity contribution in [2.24, 2.45) is 47.3 Å². The van der Waals surface area contributed by atoms with Crippen LogP contribution < -0.4 is 4.90 Å². The van der Waals surface area contributed by atoms with Gasteiger partial charge in [-0.25, -0.2) is 0 Å². The van der Waals surface area contributed by atoms with Crippen LogP contribution in [0.1, 0.15) is 99.3 Å². The minimum absolute atomic E-state index is 0.0595. The second-order valence-electron chi connectivity index (χ2n) is 20.8. The molecule has 6 aromatic carbocycles.